The normalized spacial score (nSPS) is 10.4. The zero-order chi connectivity index (χ0) is 12.4. The van der Waals surface area contributed by atoms with E-state index in [1.165, 1.54) is 0 Å². The number of allylic oxidation sites excluding steroid dienone is 2. The number of para-hydroxylation sites is 1. The summed E-state index contributed by atoms with van der Waals surface area (Å²) in [4.78, 5) is 9.73. The molecule has 0 fully saturated rings. The molecule has 0 radical (unpaired) electrons. The topological polar surface area (TPSA) is 79.0 Å². The van der Waals surface area contributed by atoms with E-state index in [2.05, 4.69) is 5.32 Å². The molecule has 16 heavy (non-hydrogen) atoms. The molecule has 1 rings (SSSR count). The highest BCUT2D eigenvalue weighted by Gasteiger charge is 1.91. The number of rotatable bonds is 3. The van der Waals surface area contributed by atoms with Gasteiger partial charge in [-0.3, -0.25) is 4.79 Å². The molecule has 5 heteroatoms. The molecule has 0 heterocycles. The van der Waals surface area contributed by atoms with Gasteiger partial charge in [-0.15, -0.1) is 0 Å². The molecule has 86 valence electrons. The lowest BCUT2D eigenvalue weighted by Crippen LogP contribution is -2.00. The van der Waals surface area contributed by atoms with E-state index in [1.54, 1.807) is 0 Å². The first-order valence-corrected chi connectivity index (χ1v) is 4.87. The SMILES string of the molecule is CNc1ccccc1.N=C/C(N)=C(/Cl)C=O. The van der Waals surface area contributed by atoms with E-state index in [4.69, 9.17) is 22.7 Å². The average Bonchev–Trinajstić information content (AvgIpc) is 2.38. The van der Waals surface area contributed by atoms with Crippen molar-refractivity contribution >= 4 is 29.8 Å². The van der Waals surface area contributed by atoms with Crippen molar-refractivity contribution in [2.75, 3.05) is 12.4 Å². The Labute approximate surface area is 99.6 Å². The number of nitrogens with two attached hydrogens (primary N) is 1. The largest absolute Gasteiger partial charge is 0.396 e. The van der Waals surface area contributed by atoms with Gasteiger partial charge in [0.25, 0.3) is 0 Å². The maximum Gasteiger partial charge on any atom is 0.163 e. The number of benzene rings is 1. The first kappa shape index (κ1) is 14.2. The third kappa shape index (κ3) is 5.82. The summed E-state index contributed by atoms with van der Waals surface area (Å²) in [5.74, 6) is 0. The van der Waals surface area contributed by atoms with E-state index >= 15 is 0 Å². The summed E-state index contributed by atoms with van der Waals surface area (Å²) in [6.07, 6.45) is 1.21. The molecule has 1 aromatic rings. The summed E-state index contributed by atoms with van der Waals surface area (Å²) < 4.78 is 0. The van der Waals surface area contributed by atoms with Crippen LogP contribution in [0.5, 0.6) is 0 Å². The molecule has 0 bridgehead atoms. The van der Waals surface area contributed by atoms with Crippen LogP contribution in [0.3, 0.4) is 0 Å². The van der Waals surface area contributed by atoms with Crippen molar-refractivity contribution < 1.29 is 4.79 Å². The van der Waals surface area contributed by atoms with Gasteiger partial charge in [0.1, 0.15) is 5.03 Å². The van der Waals surface area contributed by atoms with E-state index < -0.39 is 0 Å². The first-order valence-electron chi connectivity index (χ1n) is 4.49. The fraction of sp³-hybridized carbons (Fsp3) is 0.0909. The molecule has 0 aromatic heterocycles. The molecule has 0 amide bonds. The average molecular weight is 240 g/mol. The van der Waals surface area contributed by atoms with E-state index in [1.807, 2.05) is 37.4 Å². The number of hydrogen-bond acceptors (Lipinski definition) is 4. The van der Waals surface area contributed by atoms with Gasteiger partial charge in [-0.25, -0.2) is 0 Å². The number of carbonyl (C=O) groups is 1. The van der Waals surface area contributed by atoms with Crippen molar-refractivity contribution in [2.24, 2.45) is 5.73 Å². The van der Waals surface area contributed by atoms with Crippen LogP contribution in [0.25, 0.3) is 0 Å². The lowest BCUT2D eigenvalue weighted by atomic mass is 10.3. The molecule has 0 atom stereocenters. The van der Waals surface area contributed by atoms with Gasteiger partial charge in [-0.05, 0) is 12.1 Å². The van der Waals surface area contributed by atoms with Crippen LogP contribution in [0.15, 0.2) is 41.1 Å². The number of nitrogens with one attached hydrogen (secondary N) is 2. The number of hydrogen-bond donors (Lipinski definition) is 3. The molecular formula is C11H14ClN3O. The Bertz CT molecular complexity index is 347. The maximum absolute atomic E-state index is 9.73. The van der Waals surface area contributed by atoms with Gasteiger partial charge in [0.15, 0.2) is 6.29 Å². The molecule has 4 N–H and O–H groups in total. The summed E-state index contributed by atoms with van der Waals surface area (Å²) in [7, 11) is 1.91. The van der Waals surface area contributed by atoms with Gasteiger partial charge < -0.3 is 16.5 Å². The highest BCUT2D eigenvalue weighted by Crippen LogP contribution is 2.01. The van der Waals surface area contributed by atoms with Crippen LogP contribution in [0.2, 0.25) is 0 Å². The Hall–Kier alpha value is -1.81. The third-order valence-electron chi connectivity index (χ3n) is 1.60. The Balaban J connectivity index is 0.000000281. The number of aldehydes is 1. The molecule has 0 aliphatic carbocycles. The minimum atomic E-state index is -0.125. The second kappa shape index (κ2) is 8.49. The zero-order valence-electron chi connectivity index (χ0n) is 8.91. The second-order valence-corrected chi connectivity index (χ2v) is 3.09. The first-order chi connectivity index (χ1) is 7.65. The number of carbonyl (C=O) groups excluding carboxylic acids is 1. The summed E-state index contributed by atoms with van der Waals surface area (Å²) in [6.45, 7) is 0. The Kier molecular flexibility index (Phi) is 7.53. The van der Waals surface area contributed by atoms with Gasteiger partial charge >= 0.3 is 0 Å². The summed E-state index contributed by atoms with van der Waals surface area (Å²) in [5, 5.41) is 9.39. The van der Waals surface area contributed by atoms with Crippen molar-refractivity contribution in [3.63, 3.8) is 0 Å². The molecule has 4 nitrogen and oxygen atoms in total. The van der Waals surface area contributed by atoms with E-state index in [-0.39, 0.29) is 10.7 Å². The van der Waals surface area contributed by atoms with Crippen LogP contribution < -0.4 is 11.1 Å². The van der Waals surface area contributed by atoms with E-state index in [0.29, 0.717) is 6.29 Å². The molecular weight excluding hydrogens is 226 g/mol. The minimum Gasteiger partial charge on any atom is -0.396 e. The molecule has 0 spiro atoms. The summed E-state index contributed by atoms with van der Waals surface area (Å²) >= 11 is 5.15. The highest BCUT2D eigenvalue weighted by molar-refractivity contribution is 6.40. The monoisotopic (exact) mass is 239 g/mol. The zero-order valence-corrected chi connectivity index (χ0v) is 9.66. The molecule has 1 aromatic carbocycles. The Morgan fingerprint density at radius 2 is 2.00 bits per heavy atom. The van der Waals surface area contributed by atoms with Gasteiger partial charge in [0.2, 0.25) is 0 Å². The van der Waals surface area contributed by atoms with Gasteiger partial charge in [0.05, 0.1) is 5.70 Å². The molecule has 0 unspecified atom stereocenters. The maximum atomic E-state index is 9.73. The Morgan fingerprint density at radius 3 is 2.25 bits per heavy atom. The van der Waals surface area contributed by atoms with Crippen molar-refractivity contribution in [3.8, 4) is 0 Å². The van der Waals surface area contributed by atoms with Crippen LogP contribution in [0, 0.1) is 5.41 Å². The van der Waals surface area contributed by atoms with Gasteiger partial charge in [-0.1, -0.05) is 29.8 Å². The molecule has 0 saturated heterocycles. The van der Waals surface area contributed by atoms with Crippen LogP contribution >= 0.6 is 11.6 Å². The summed E-state index contributed by atoms with van der Waals surface area (Å²) in [5.41, 5.74) is 6.15. The predicted octanol–water partition coefficient (Wildman–Crippen LogP) is 1.97. The highest BCUT2D eigenvalue weighted by atomic mass is 35.5. The molecule has 0 aliphatic heterocycles. The fourth-order valence-corrected chi connectivity index (χ4v) is 0.796. The third-order valence-corrected chi connectivity index (χ3v) is 1.90. The Morgan fingerprint density at radius 1 is 1.44 bits per heavy atom. The van der Waals surface area contributed by atoms with E-state index in [0.717, 1.165) is 11.9 Å². The lowest BCUT2D eigenvalue weighted by Gasteiger charge is -1.94. The molecule has 0 aliphatic rings. The van der Waals surface area contributed by atoms with Crippen molar-refractivity contribution in [1.29, 1.82) is 5.41 Å². The van der Waals surface area contributed by atoms with E-state index in [9.17, 15) is 4.79 Å². The second-order valence-electron chi connectivity index (χ2n) is 2.68. The number of halogens is 1. The fourth-order valence-electron chi connectivity index (χ4n) is 0.742. The minimum absolute atomic E-state index is 0.0123. The van der Waals surface area contributed by atoms with Gasteiger partial charge in [0, 0.05) is 18.9 Å². The van der Waals surface area contributed by atoms with Gasteiger partial charge in [-0.2, -0.15) is 0 Å². The van der Waals surface area contributed by atoms with Crippen molar-refractivity contribution in [2.45, 2.75) is 0 Å². The lowest BCUT2D eigenvalue weighted by molar-refractivity contribution is -0.104. The van der Waals surface area contributed by atoms with Crippen molar-refractivity contribution in [1.82, 2.24) is 0 Å². The standard InChI is InChI=1S/C7H9N.C4H5ClN2O/c1-8-7-5-3-2-4-6-7;5-3(2-8)4(7)1-6/h2-6,8H,1H3;1-2,6H,7H2/b;4-3-,6-1?. The van der Waals surface area contributed by atoms with Crippen LogP contribution in [-0.4, -0.2) is 19.5 Å². The quantitative estimate of drug-likeness (QED) is 0.429. The van der Waals surface area contributed by atoms with Crippen molar-refractivity contribution in [3.05, 3.63) is 41.1 Å². The number of anilines is 1. The van der Waals surface area contributed by atoms with Crippen LogP contribution in [0.1, 0.15) is 0 Å². The van der Waals surface area contributed by atoms with Crippen LogP contribution in [0.4, 0.5) is 5.69 Å². The smallest absolute Gasteiger partial charge is 0.163 e. The summed E-state index contributed by atoms with van der Waals surface area (Å²) in [6, 6.07) is 10.1. The molecule has 0 saturated carbocycles. The predicted molar refractivity (Wildman–Crippen MR) is 67.9 cm³/mol. The van der Waals surface area contributed by atoms with Crippen LogP contribution in [-0.2, 0) is 4.79 Å².